The first kappa shape index (κ1) is 16.1. The van der Waals surface area contributed by atoms with E-state index in [4.69, 9.17) is 23.2 Å². The maximum absolute atomic E-state index is 13.9. The molecule has 1 heterocycles. The number of nitrogens with zero attached hydrogens (tertiary/aromatic N) is 2. The van der Waals surface area contributed by atoms with Crippen LogP contribution in [0.25, 0.3) is 0 Å². The van der Waals surface area contributed by atoms with Gasteiger partial charge in [-0.05, 0) is 36.4 Å². The van der Waals surface area contributed by atoms with Crippen molar-refractivity contribution in [2.45, 2.75) is 0 Å². The zero-order chi connectivity index (χ0) is 16.4. The number of carbonyl (C=O) groups excluding carboxylic acids is 1. The second kappa shape index (κ2) is 6.77. The minimum absolute atomic E-state index is 0.0607. The molecule has 0 radical (unpaired) electrons. The fourth-order valence-corrected chi connectivity index (χ4v) is 3.02. The summed E-state index contributed by atoms with van der Waals surface area (Å²) in [6, 6.07) is 11.7. The number of hydrogen-bond acceptors (Lipinski definition) is 2. The molecule has 0 N–H and O–H groups in total. The Kier molecular flexibility index (Phi) is 4.74. The molecule has 2 aromatic carbocycles. The first-order valence-corrected chi connectivity index (χ1v) is 8.05. The van der Waals surface area contributed by atoms with Crippen LogP contribution in [-0.2, 0) is 0 Å². The number of piperazine rings is 1. The van der Waals surface area contributed by atoms with Crippen LogP contribution in [0.3, 0.4) is 0 Å². The van der Waals surface area contributed by atoms with Gasteiger partial charge in [-0.25, -0.2) is 4.39 Å². The van der Waals surface area contributed by atoms with Gasteiger partial charge in [-0.3, -0.25) is 4.79 Å². The summed E-state index contributed by atoms with van der Waals surface area (Å²) in [7, 11) is 0. The summed E-state index contributed by atoms with van der Waals surface area (Å²) in [4.78, 5) is 16.3. The lowest BCUT2D eigenvalue weighted by Crippen LogP contribution is -2.49. The Bertz CT molecular complexity index is 730. The van der Waals surface area contributed by atoms with Gasteiger partial charge in [0.25, 0.3) is 5.91 Å². The fourth-order valence-electron chi connectivity index (χ4n) is 2.67. The molecule has 120 valence electrons. The fraction of sp³-hybridized carbons (Fsp3) is 0.235. The van der Waals surface area contributed by atoms with E-state index in [1.165, 1.54) is 12.1 Å². The number of amides is 1. The van der Waals surface area contributed by atoms with Crippen LogP contribution >= 0.6 is 23.2 Å². The van der Waals surface area contributed by atoms with Crippen molar-refractivity contribution in [3.05, 3.63) is 63.9 Å². The van der Waals surface area contributed by atoms with Crippen molar-refractivity contribution >= 4 is 34.8 Å². The van der Waals surface area contributed by atoms with Gasteiger partial charge in [0.1, 0.15) is 5.82 Å². The molecule has 0 saturated carbocycles. The Morgan fingerprint density at radius 2 is 1.65 bits per heavy atom. The highest BCUT2D eigenvalue weighted by Gasteiger charge is 2.24. The van der Waals surface area contributed by atoms with Gasteiger partial charge in [-0.1, -0.05) is 29.3 Å². The normalized spacial score (nSPS) is 14.9. The molecule has 1 aliphatic rings. The summed E-state index contributed by atoms with van der Waals surface area (Å²) in [5, 5.41) is 0.967. The van der Waals surface area contributed by atoms with Crippen LogP contribution in [0, 0.1) is 5.82 Å². The molecule has 1 aliphatic heterocycles. The zero-order valence-electron chi connectivity index (χ0n) is 12.3. The van der Waals surface area contributed by atoms with Crippen molar-refractivity contribution in [2.24, 2.45) is 0 Å². The molecular weight excluding hydrogens is 338 g/mol. The average Bonchev–Trinajstić information content (AvgIpc) is 2.54. The predicted molar refractivity (Wildman–Crippen MR) is 91.0 cm³/mol. The second-order valence-corrected chi connectivity index (χ2v) is 6.26. The van der Waals surface area contributed by atoms with E-state index in [0.29, 0.717) is 31.2 Å². The van der Waals surface area contributed by atoms with Crippen molar-refractivity contribution in [2.75, 3.05) is 31.1 Å². The standard InChI is InChI=1S/C17H15Cl2FN2O/c18-12-2-1-3-14(10-12)21-6-8-22(9-7-21)17(23)15-5-4-13(19)11-16(15)20/h1-5,10-11H,6-9H2. The Hall–Kier alpha value is -1.78. The van der Waals surface area contributed by atoms with E-state index < -0.39 is 5.82 Å². The van der Waals surface area contributed by atoms with Gasteiger partial charge in [-0.2, -0.15) is 0 Å². The lowest BCUT2D eigenvalue weighted by molar-refractivity contribution is 0.0742. The molecule has 6 heteroatoms. The summed E-state index contributed by atoms with van der Waals surface area (Å²) >= 11 is 11.7. The zero-order valence-corrected chi connectivity index (χ0v) is 13.8. The highest BCUT2D eigenvalue weighted by atomic mass is 35.5. The number of anilines is 1. The lowest BCUT2D eigenvalue weighted by Gasteiger charge is -2.36. The number of hydrogen-bond donors (Lipinski definition) is 0. The summed E-state index contributed by atoms with van der Waals surface area (Å²) in [6.45, 7) is 2.43. The van der Waals surface area contributed by atoms with E-state index in [1.807, 2.05) is 24.3 Å². The molecule has 2 aromatic rings. The first-order chi connectivity index (χ1) is 11.0. The SMILES string of the molecule is O=C(c1ccc(Cl)cc1F)N1CCN(c2cccc(Cl)c2)CC1. The molecule has 0 atom stereocenters. The molecule has 0 unspecified atom stereocenters. The van der Waals surface area contributed by atoms with E-state index in [0.717, 1.165) is 11.8 Å². The van der Waals surface area contributed by atoms with E-state index in [9.17, 15) is 9.18 Å². The van der Waals surface area contributed by atoms with Crippen molar-refractivity contribution in [1.29, 1.82) is 0 Å². The summed E-state index contributed by atoms with van der Waals surface area (Å²) < 4.78 is 13.9. The molecule has 0 bridgehead atoms. The van der Waals surface area contributed by atoms with Crippen LogP contribution in [0.2, 0.25) is 10.0 Å². The quantitative estimate of drug-likeness (QED) is 0.812. The van der Waals surface area contributed by atoms with Crippen LogP contribution in [0.15, 0.2) is 42.5 Å². The number of benzene rings is 2. The van der Waals surface area contributed by atoms with Gasteiger partial charge < -0.3 is 9.80 Å². The highest BCUT2D eigenvalue weighted by molar-refractivity contribution is 6.31. The van der Waals surface area contributed by atoms with Gasteiger partial charge in [0.15, 0.2) is 0 Å². The molecule has 1 fully saturated rings. The van der Waals surface area contributed by atoms with Gasteiger partial charge in [0.2, 0.25) is 0 Å². The summed E-state index contributed by atoms with van der Waals surface area (Å²) in [6.07, 6.45) is 0. The molecule has 0 aromatic heterocycles. The predicted octanol–water partition coefficient (Wildman–Crippen LogP) is 4.09. The van der Waals surface area contributed by atoms with E-state index in [-0.39, 0.29) is 16.5 Å². The van der Waals surface area contributed by atoms with Crippen molar-refractivity contribution < 1.29 is 9.18 Å². The Morgan fingerprint density at radius 3 is 2.30 bits per heavy atom. The number of halogens is 3. The molecule has 23 heavy (non-hydrogen) atoms. The molecule has 0 aliphatic carbocycles. The monoisotopic (exact) mass is 352 g/mol. The van der Waals surface area contributed by atoms with Crippen LogP contribution < -0.4 is 4.90 Å². The topological polar surface area (TPSA) is 23.6 Å². The van der Waals surface area contributed by atoms with Crippen LogP contribution in [0.5, 0.6) is 0 Å². The molecule has 1 amide bonds. The lowest BCUT2D eigenvalue weighted by atomic mass is 10.1. The minimum Gasteiger partial charge on any atom is -0.368 e. The molecular formula is C17H15Cl2FN2O. The third-order valence-electron chi connectivity index (χ3n) is 3.90. The molecule has 3 nitrogen and oxygen atoms in total. The second-order valence-electron chi connectivity index (χ2n) is 5.38. The summed E-state index contributed by atoms with van der Waals surface area (Å²) in [5.41, 5.74) is 1.09. The molecule has 0 spiro atoms. The minimum atomic E-state index is -0.584. The largest absolute Gasteiger partial charge is 0.368 e. The Labute approximate surface area is 144 Å². The van der Waals surface area contributed by atoms with E-state index in [1.54, 1.807) is 4.90 Å². The van der Waals surface area contributed by atoms with Crippen molar-refractivity contribution in [3.63, 3.8) is 0 Å². The number of rotatable bonds is 2. The Balaban J connectivity index is 1.68. The smallest absolute Gasteiger partial charge is 0.256 e. The third-order valence-corrected chi connectivity index (χ3v) is 4.37. The van der Waals surface area contributed by atoms with Gasteiger partial charge in [-0.15, -0.1) is 0 Å². The maximum Gasteiger partial charge on any atom is 0.256 e. The van der Waals surface area contributed by atoms with Gasteiger partial charge in [0, 0.05) is 41.9 Å². The highest BCUT2D eigenvalue weighted by Crippen LogP contribution is 2.22. The molecule has 1 saturated heterocycles. The van der Waals surface area contributed by atoms with Crippen LogP contribution in [0.1, 0.15) is 10.4 Å². The molecule has 3 rings (SSSR count). The van der Waals surface area contributed by atoms with Gasteiger partial charge in [0.05, 0.1) is 5.56 Å². The van der Waals surface area contributed by atoms with E-state index in [2.05, 4.69) is 4.90 Å². The van der Waals surface area contributed by atoms with Crippen LogP contribution in [0.4, 0.5) is 10.1 Å². The van der Waals surface area contributed by atoms with E-state index >= 15 is 0 Å². The average molecular weight is 353 g/mol. The maximum atomic E-state index is 13.9. The number of carbonyl (C=O) groups is 1. The first-order valence-electron chi connectivity index (χ1n) is 7.29. The van der Waals surface area contributed by atoms with Crippen molar-refractivity contribution in [1.82, 2.24) is 4.90 Å². The van der Waals surface area contributed by atoms with Crippen molar-refractivity contribution in [3.8, 4) is 0 Å². The Morgan fingerprint density at radius 1 is 0.957 bits per heavy atom. The van der Waals surface area contributed by atoms with Crippen LogP contribution in [-0.4, -0.2) is 37.0 Å². The van der Waals surface area contributed by atoms with Gasteiger partial charge >= 0.3 is 0 Å². The third kappa shape index (κ3) is 3.59. The summed E-state index contributed by atoms with van der Waals surface area (Å²) in [5.74, 6) is -0.885.